The van der Waals surface area contributed by atoms with Gasteiger partial charge in [0.1, 0.15) is 0 Å². The van der Waals surface area contributed by atoms with Crippen LogP contribution >= 0.6 is 11.6 Å². The standard InChI is InChI=1S/C27H24ClN3O/c1-27(2,3)20-12-8-18(9-13-20)17-29-31-26(32)23-16-25(19-10-14-21(28)15-11-19)30-24-7-5-4-6-22(23)24/h4-17H,1-3H3,(H,31,32)/b29-17+. The second kappa shape index (κ2) is 8.93. The number of nitrogens with zero attached hydrogens (tertiary/aromatic N) is 2. The zero-order valence-corrected chi connectivity index (χ0v) is 19.0. The van der Waals surface area contributed by atoms with Gasteiger partial charge in [0.25, 0.3) is 5.91 Å². The molecule has 160 valence electrons. The first-order chi connectivity index (χ1) is 15.3. The average Bonchev–Trinajstić information content (AvgIpc) is 2.78. The monoisotopic (exact) mass is 441 g/mol. The van der Waals surface area contributed by atoms with Gasteiger partial charge in [-0.2, -0.15) is 5.10 Å². The number of carbonyl (C=O) groups is 1. The Hall–Kier alpha value is -3.50. The maximum atomic E-state index is 13.0. The zero-order chi connectivity index (χ0) is 22.7. The van der Waals surface area contributed by atoms with Crippen molar-refractivity contribution in [1.82, 2.24) is 10.4 Å². The number of nitrogens with one attached hydrogen (secondary N) is 1. The lowest BCUT2D eigenvalue weighted by Crippen LogP contribution is -2.18. The number of hydrogen-bond acceptors (Lipinski definition) is 3. The third-order valence-electron chi connectivity index (χ3n) is 5.26. The van der Waals surface area contributed by atoms with E-state index in [-0.39, 0.29) is 11.3 Å². The quantitative estimate of drug-likeness (QED) is 0.286. The van der Waals surface area contributed by atoms with Crippen LogP contribution in [0.15, 0.2) is 84.0 Å². The predicted molar refractivity (Wildman–Crippen MR) is 132 cm³/mol. The molecular weight excluding hydrogens is 418 g/mol. The van der Waals surface area contributed by atoms with Crippen LogP contribution in [0.1, 0.15) is 42.3 Å². The van der Waals surface area contributed by atoms with Gasteiger partial charge in [-0.05, 0) is 40.8 Å². The molecule has 4 rings (SSSR count). The lowest BCUT2D eigenvalue weighted by atomic mass is 9.87. The Balaban J connectivity index is 1.60. The number of amides is 1. The van der Waals surface area contributed by atoms with Gasteiger partial charge in [-0.1, -0.05) is 87.0 Å². The lowest BCUT2D eigenvalue weighted by Gasteiger charge is -2.18. The zero-order valence-electron chi connectivity index (χ0n) is 18.3. The molecule has 32 heavy (non-hydrogen) atoms. The first-order valence-electron chi connectivity index (χ1n) is 10.4. The second-order valence-electron chi connectivity index (χ2n) is 8.65. The number of para-hydroxylation sites is 1. The van der Waals surface area contributed by atoms with Crippen LogP contribution < -0.4 is 5.43 Å². The number of hydrazone groups is 1. The van der Waals surface area contributed by atoms with E-state index in [0.717, 1.165) is 22.0 Å². The number of aromatic nitrogens is 1. The SMILES string of the molecule is CC(C)(C)c1ccc(/C=N/NC(=O)c2cc(-c3ccc(Cl)cc3)nc3ccccc23)cc1. The van der Waals surface area contributed by atoms with Crippen LogP contribution in [0.4, 0.5) is 0 Å². The van der Waals surface area contributed by atoms with Crippen molar-refractivity contribution in [3.8, 4) is 11.3 Å². The molecule has 1 N–H and O–H groups in total. The van der Waals surface area contributed by atoms with E-state index in [0.29, 0.717) is 16.3 Å². The number of pyridine rings is 1. The molecule has 0 atom stereocenters. The van der Waals surface area contributed by atoms with E-state index in [1.165, 1.54) is 5.56 Å². The van der Waals surface area contributed by atoms with Gasteiger partial charge in [0.05, 0.1) is 23.0 Å². The molecule has 0 unspecified atom stereocenters. The first kappa shape index (κ1) is 21.7. The fourth-order valence-electron chi connectivity index (χ4n) is 3.43. The molecule has 0 aliphatic heterocycles. The van der Waals surface area contributed by atoms with Crippen LogP contribution in [0, 0.1) is 0 Å². The molecule has 4 aromatic rings. The maximum Gasteiger partial charge on any atom is 0.272 e. The van der Waals surface area contributed by atoms with E-state index in [9.17, 15) is 4.79 Å². The molecule has 0 saturated carbocycles. The fraction of sp³-hybridized carbons (Fsp3) is 0.148. The minimum absolute atomic E-state index is 0.0914. The molecule has 1 amide bonds. The van der Waals surface area contributed by atoms with Crippen molar-refractivity contribution in [2.45, 2.75) is 26.2 Å². The largest absolute Gasteiger partial charge is 0.272 e. The molecule has 4 nitrogen and oxygen atoms in total. The number of hydrogen-bond donors (Lipinski definition) is 1. The number of rotatable bonds is 4. The molecule has 0 radical (unpaired) electrons. The van der Waals surface area contributed by atoms with E-state index < -0.39 is 0 Å². The molecule has 0 fully saturated rings. The van der Waals surface area contributed by atoms with Crippen LogP contribution in [-0.2, 0) is 5.41 Å². The highest BCUT2D eigenvalue weighted by Crippen LogP contribution is 2.26. The summed E-state index contributed by atoms with van der Waals surface area (Å²) in [5, 5.41) is 5.59. The summed E-state index contributed by atoms with van der Waals surface area (Å²) in [4.78, 5) is 17.7. The van der Waals surface area contributed by atoms with E-state index in [2.05, 4.69) is 43.4 Å². The van der Waals surface area contributed by atoms with E-state index in [1.807, 2.05) is 60.7 Å². The van der Waals surface area contributed by atoms with E-state index in [4.69, 9.17) is 16.6 Å². The van der Waals surface area contributed by atoms with Gasteiger partial charge < -0.3 is 0 Å². The first-order valence-corrected chi connectivity index (χ1v) is 10.8. The summed E-state index contributed by atoms with van der Waals surface area (Å²) in [6.07, 6.45) is 1.65. The van der Waals surface area contributed by atoms with Gasteiger partial charge >= 0.3 is 0 Å². The molecule has 5 heteroatoms. The summed E-state index contributed by atoms with van der Waals surface area (Å²) in [6.45, 7) is 6.52. The predicted octanol–water partition coefficient (Wildman–Crippen LogP) is 6.62. The molecule has 1 aromatic heterocycles. The maximum absolute atomic E-state index is 13.0. The molecule has 0 aliphatic rings. The number of carbonyl (C=O) groups excluding carboxylic acids is 1. The second-order valence-corrected chi connectivity index (χ2v) is 9.09. The molecule has 0 bridgehead atoms. The van der Waals surface area contributed by atoms with Crippen LogP contribution in [0.3, 0.4) is 0 Å². The highest BCUT2D eigenvalue weighted by molar-refractivity contribution is 6.30. The van der Waals surface area contributed by atoms with Crippen LogP contribution in [0.25, 0.3) is 22.2 Å². The molecule has 0 spiro atoms. The summed E-state index contributed by atoms with van der Waals surface area (Å²) in [5.41, 5.74) is 7.75. The van der Waals surface area contributed by atoms with Crippen molar-refractivity contribution in [2.24, 2.45) is 5.10 Å². The third kappa shape index (κ3) is 4.87. The van der Waals surface area contributed by atoms with Gasteiger partial charge in [-0.3, -0.25) is 4.79 Å². The minimum Gasteiger partial charge on any atom is -0.267 e. The van der Waals surface area contributed by atoms with Gasteiger partial charge in [0.2, 0.25) is 0 Å². The van der Waals surface area contributed by atoms with Crippen LogP contribution in [-0.4, -0.2) is 17.1 Å². The number of halogens is 1. The van der Waals surface area contributed by atoms with Gasteiger partial charge in [0.15, 0.2) is 0 Å². The summed E-state index contributed by atoms with van der Waals surface area (Å²) in [6, 6.07) is 24.9. The Kier molecular flexibility index (Phi) is 6.06. The molecule has 3 aromatic carbocycles. The van der Waals surface area contributed by atoms with Crippen molar-refractivity contribution < 1.29 is 4.79 Å². The van der Waals surface area contributed by atoms with Crippen molar-refractivity contribution >= 4 is 34.6 Å². The Bertz CT molecular complexity index is 1290. The van der Waals surface area contributed by atoms with Gasteiger partial charge in [-0.15, -0.1) is 0 Å². The van der Waals surface area contributed by atoms with Crippen molar-refractivity contribution in [2.75, 3.05) is 0 Å². The summed E-state index contributed by atoms with van der Waals surface area (Å²) in [7, 11) is 0. The molecule has 1 heterocycles. The number of fused-ring (bicyclic) bond motifs is 1. The average molecular weight is 442 g/mol. The Morgan fingerprint density at radius 1 is 0.969 bits per heavy atom. The normalized spacial score (nSPS) is 11.8. The van der Waals surface area contributed by atoms with Gasteiger partial charge in [0, 0.05) is 16.0 Å². The minimum atomic E-state index is -0.290. The van der Waals surface area contributed by atoms with Crippen molar-refractivity contribution in [3.63, 3.8) is 0 Å². The lowest BCUT2D eigenvalue weighted by molar-refractivity contribution is 0.0956. The summed E-state index contributed by atoms with van der Waals surface area (Å²) in [5.74, 6) is -0.290. The topological polar surface area (TPSA) is 54.4 Å². The number of benzene rings is 3. The fourth-order valence-corrected chi connectivity index (χ4v) is 3.55. The van der Waals surface area contributed by atoms with E-state index >= 15 is 0 Å². The molecular formula is C27H24ClN3O. The van der Waals surface area contributed by atoms with Crippen molar-refractivity contribution in [1.29, 1.82) is 0 Å². The smallest absolute Gasteiger partial charge is 0.267 e. The van der Waals surface area contributed by atoms with E-state index in [1.54, 1.807) is 12.3 Å². The Morgan fingerprint density at radius 2 is 1.66 bits per heavy atom. The summed E-state index contributed by atoms with van der Waals surface area (Å²) < 4.78 is 0. The van der Waals surface area contributed by atoms with Crippen LogP contribution in [0.5, 0.6) is 0 Å². The summed E-state index contributed by atoms with van der Waals surface area (Å²) >= 11 is 6.01. The van der Waals surface area contributed by atoms with Gasteiger partial charge in [-0.25, -0.2) is 10.4 Å². The van der Waals surface area contributed by atoms with Crippen LogP contribution in [0.2, 0.25) is 5.02 Å². The Morgan fingerprint density at radius 3 is 2.34 bits per heavy atom. The Labute approximate surface area is 193 Å². The highest BCUT2D eigenvalue weighted by Gasteiger charge is 2.14. The highest BCUT2D eigenvalue weighted by atomic mass is 35.5. The van der Waals surface area contributed by atoms with Crippen molar-refractivity contribution in [3.05, 3.63) is 101 Å². The molecule has 0 aliphatic carbocycles. The molecule has 0 saturated heterocycles. The third-order valence-corrected chi connectivity index (χ3v) is 5.51.